The number of halogens is 2. The molecule has 5 nitrogen and oxygen atoms in total. The van der Waals surface area contributed by atoms with Gasteiger partial charge < -0.3 is 17.3 Å². The number of ketones is 1. The number of nitrogens with zero attached hydrogens (tertiary/aromatic N) is 2. The maximum atomic E-state index is 13.5. The summed E-state index contributed by atoms with van der Waals surface area (Å²) in [7, 11) is 0. The first kappa shape index (κ1) is 27.5. The summed E-state index contributed by atoms with van der Waals surface area (Å²) in [6.45, 7) is 2.90. The first-order valence-electron chi connectivity index (χ1n) is 13.7. The molecule has 2 aliphatic rings. The van der Waals surface area contributed by atoms with Gasteiger partial charge in [-0.05, 0) is 49.4 Å². The molecule has 2 heterocycles. The number of carbonyl (C=O) groups excluding carboxylic acids is 1. The molecule has 1 saturated carbocycles. The molecule has 5 rings (SSSR count). The van der Waals surface area contributed by atoms with E-state index < -0.39 is 0 Å². The Balaban J connectivity index is 0.00000320. The zero-order valence-electron chi connectivity index (χ0n) is 21.4. The molecule has 0 spiro atoms. The average Bonchev–Trinajstić information content (AvgIpc) is 3.16. The molecule has 0 radical (unpaired) electrons. The van der Waals surface area contributed by atoms with Gasteiger partial charge in [-0.2, -0.15) is 5.10 Å². The molecule has 2 atom stereocenters. The lowest BCUT2D eigenvalue weighted by Gasteiger charge is -2.22. The summed E-state index contributed by atoms with van der Waals surface area (Å²) in [5.41, 5.74) is 1.79. The highest BCUT2D eigenvalue weighted by atomic mass is 35.5. The van der Waals surface area contributed by atoms with Crippen molar-refractivity contribution in [2.24, 2.45) is 5.92 Å². The lowest BCUT2D eigenvalue weighted by atomic mass is 9.85. The predicted octanol–water partition coefficient (Wildman–Crippen LogP) is 1.28. The molecule has 7 heteroatoms. The Morgan fingerprint density at radius 2 is 1.65 bits per heavy atom. The Morgan fingerprint density at radius 1 is 0.919 bits per heavy atom. The monoisotopic (exact) mass is 525 g/mol. The van der Waals surface area contributed by atoms with Crippen LogP contribution in [0.3, 0.4) is 0 Å². The van der Waals surface area contributed by atoms with Crippen molar-refractivity contribution in [3.8, 4) is 0 Å². The quantitative estimate of drug-likeness (QED) is 0.505. The SMILES string of the molecule is O=C(CC[NH+]1CCCC(n2nc(Cc3ccc(F)cc3)c3ccccc3c2=O)CC1)C1CCCCC1.[Cl-]. The average molecular weight is 526 g/mol. The van der Waals surface area contributed by atoms with Gasteiger partial charge in [-0.25, -0.2) is 9.07 Å². The highest BCUT2D eigenvalue weighted by Crippen LogP contribution is 2.25. The molecule has 1 aliphatic heterocycles. The number of hydrogen-bond acceptors (Lipinski definition) is 3. The standard InChI is InChI=1S/C30H36FN3O2.ClH/c31-24-14-12-22(13-15-24)21-28-26-10-4-5-11-27(26)30(36)34(32-28)25-9-6-18-33(19-16-25)20-17-29(35)23-7-2-1-3-8-23;/h4-5,10-15,23,25H,1-3,6-9,16-21H2;1H. The van der Waals surface area contributed by atoms with Crippen LogP contribution in [0.5, 0.6) is 0 Å². The summed E-state index contributed by atoms with van der Waals surface area (Å²) < 4.78 is 15.1. The third-order valence-electron chi connectivity index (χ3n) is 8.22. The Labute approximate surface area is 224 Å². The number of Topliss-reactive ketones (excluding diaryl/α,β-unsaturated/α-hetero) is 1. The minimum atomic E-state index is -0.257. The third kappa shape index (κ3) is 6.66. The van der Waals surface area contributed by atoms with Crippen LogP contribution in [0.4, 0.5) is 4.39 Å². The molecule has 37 heavy (non-hydrogen) atoms. The molecule has 2 fully saturated rings. The van der Waals surface area contributed by atoms with Crippen LogP contribution < -0.4 is 22.9 Å². The number of benzene rings is 2. The molecule has 1 N–H and O–H groups in total. The summed E-state index contributed by atoms with van der Waals surface area (Å²) in [5.74, 6) is 0.492. The third-order valence-corrected chi connectivity index (χ3v) is 8.22. The molecular formula is C30H37ClFN3O2. The van der Waals surface area contributed by atoms with E-state index in [-0.39, 0.29) is 35.7 Å². The van der Waals surface area contributed by atoms with Crippen molar-refractivity contribution in [1.29, 1.82) is 0 Å². The van der Waals surface area contributed by atoms with Crippen LogP contribution in [-0.2, 0) is 11.2 Å². The van der Waals surface area contributed by atoms with E-state index in [1.807, 2.05) is 24.3 Å². The lowest BCUT2D eigenvalue weighted by Crippen LogP contribution is -3.12. The molecule has 2 unspecified atom stereocenters. The molecule has 0 bridgehead atoms. The fourth-order valence-electron chi connectivity index (χ4n) is 6.10. The number of rotatable bonds is 7. The van der Waals surface area contributed by atoms with Gasteiger partial charge in [0, 0.05) is 24.1 Å². The topological polar surface area (TPSA) is 56.4 Å². The van der Waals surface area contributed by atoms with Crippen LogP contribution in [0, 0.1) is 11.7 Å². The van der Waals surface area contributed by atoms with Crippen LogP contribution >= 0.6 is 0 Å². The van der Waals surface area contributed by atoms with E-state index in [4.69, 9.17) is 5.10 Å². The predicted molar refractivity (Wildman–Crippen MR) is 140 cm³/mol. The molecule has 198 valence electrons. The number of hydrogen-bond donors (Lipinski definition) is 1. The van der Waals surface area contributed by atoms with Gasteiger partial charge in [-0.1, -0.05) is 49.6 Å². The second-order valence-corrected chi connectivity index (χ2v) is 10.7. The lowest BCUT2D eigenvalue weighted by molar-refractivity contribution is -0.898. The van der Waals surface area contributed by atoms with Gasteiger partial charge in [0.1, 0.15) is 11.6 Å². The molecule has 2 aromatic carbocycles. The number of aromatic nitrogens is 2. The van der Waals surface area contributed by atoms with Crippen molar-refractivity contribution in [1.82, 2.24) is 9.78 Å². The fourth-order valence-corrected chi connectivity index (χ4v) is 6.10. The minimum absolute atomic E-state index is 0. The van der Waals surface area contributed by atoms with Gasteiger partial charge in [0.15, 0.2) is 0 Å². The van der Waals surface area contributed by atoms with Crippen molar-refractivity contribution in [2.45, 2.75) is 70.3 Å². The number of carbonyl (C=O) groups is 1. The van der Waals surface area contributed by atoms with Gasteiger partial charge in [0.05, 0.1) is 43.2 Å². The van der Waals surface area contributed by atoms with Crippen molar-refractivity contribution in [2.75, 3.05) is 19.6 Å². The molecule has 1 aliphatic carbocycles. The van der Waals surface area contributed by atoms with Crippen molar-refractivity contribution in [3.63, 3.8) is 0 Å². The molecule has 1 saturated heterocycles. The largest absolute Gasteiger partial charge is 1.00 e. The maximum absolute atomic E-state index is 13.5. The van der Waals surface area contributed by atoms with Crippen molar-refractivity contribution in [3.05, 3.63) is 76.0 Å². The zero-order chi connectivity index (χ0) is 24.9. The molecule has 3 aromatic rings. The fraction of sp³-hybridized carbons (Fsp3) is 0.500. The number of quaternary nitrogens is 1. The van der Waals surface area contributed by atoms with Gasteiger partial charge in [-0.3, -0.25) is 9.59 Å². The summed E-state index contributed by atoms with van der Waals surface area (Å²) in [4.78, 5) is 27.6. The minimum Gasteiger partial charge on any atom is -1.00 e. The van der Waals surface area contributed by atoms with Crippen LogP contribution in [0.1, 0.15) is 75.1 Å². The first-order valence-corrected chi connectivity index (χ1v) is 13.7. The molecule has 0 amide bonds. The zero-order valence-corrected chi connectivity index (χ0v) is 22.2. The Bertz CT molecular complexity index is 1250. The normalized spacial score (nSPS) is 20.8. The maximum Gasteiger partial charge on any atom is 0.274 e. The van der Waals surface area contributed by atoms with Gasteiger partial charge in [-0.15, -0.1) is 0 Å². The smallest absolute Gasteiger partial charge is 0.274 e. The number of nitrogens with one attached hydrogen (secondary N) is 1. The second kappa shape index (κ2) is 12.8. The van der Waals surface area contributed by atoms with Gasteiger partial charge in [0.25, 0.3) is 5.56 Å². The number of fused-ring (bicyclic) bond motifs is 1. The summed E-state index contributed by atoms with van der Waals surface area (Å²) in [6, 6.07) is 14.2. The van der Waals surface area contributed by atoms with E-state index in [0.29, 0.717) is 24.0 Å². The first-order chi connectivity index (χ1) is 17.6. The van der Waals surface area contributed by atoms with Crippen LogP contribution in [-0.4, -0.2) is 35.2 Å². The van der Waals surface area contributed by atoms with E-state index >= 15 is 0 Å². The summed E-state index contributed by atoms with van der Waals surface area (Å²) >= 11 is 0. The van der Waals surface area contributed by atoms with E-state index in [2.05, 4.69) is 0 Å². The van der Waals surface area contributed by atoms with Crippen LogP contribution in [0.25, 0.3) is 10.8 Å². The van der Waals surface area contributed by atoms with Crippen molar-refractivity contribution >= 4 is 16.6 Å². The van der Waals surface area contributed by atoms with Gasteiger partial charge >= 0.3 is 0 Å². The Hall–Kier alpha value is -2.57. The van der Waals surface area contributed by atoms with E-state index in [1.54, 1.807) is 16.8 Å². The van der Waals surface area contributed by atoms with E-state index in [9.17, 15) is 14.0 Å². The summed E-state index contributed by atoms with van der Waals surface area (Å²) in [6.07, 6.45) is 9.88. The Kier molecular flexibility index (Phi) is 9.49. The van der Waals surface area contributed by atoms with Crippen LogP contribution in [0.15, 0.2) is 53.3 Å². The van der Waals surface area contributed by atoms with E-state index in [0.717, 1.165) is 68.4 Å². The highest BCUT2D eigenvalue weighted by molar-refractivity contribution is 5.83. The summed E-state index contributed by atoms with van der Waals surface area (Å²) in [5, 5.41) is 6.45. The van der Waals surface area contributed by atoms with Gasteiger partial charge in [0.2, 0.25) is 0 Å². The molecular weight excluding hydrogens is 489 g/mol. The highest BCUT2D eigenvalue weighted by Gasteiger charge is 2.26. The van der Waals surface area contributed by atoms with E-state index in [1.165, 1.54) is 36.3 Å². The second-order valence-electron chi connectivity index (χ2n) is 10.7. The number of likely N-dealkylation sites (tertiary alicyclic amines) is 1. The molecule has 1 aromatic heterocycles. The van der Waals surface area contributed by atoms with Crippen LogP contribution in [0.2, 0.25) is 0 Å². The van der Waals surface area contributed by atoms with Crippen molar-refractivity contribution < 1.29 is 26.5 Å². The Morgan fingerprint density at radius 3 is 2.41 bits per heavy atom.